The molecule has 1 aliphatic rings. The number of Topliss-reactive ketones (excluding diaryl/α,β-unsaturated/α-hetero) is 1. The molecule has 0 aliphatic heterocycles. The largest absolute Gasteiger partial charge is 0.343 e. The molecule has 0 bridgehead atoms. The minimum absolute atomic E-state index is 0.206. The van der Waals surface area contributed by atoms with E-state index in [0.29, 0.717) is 11.1 Å². The van der Waals surface area contributed by atoms with Crippen LogP contribution in [-0.4, -0.2) is 25.8 Å². The Balaban J connectivity index is 3.20. The van der Waals surface area contributed by atoms with E-state index in [0.717, 1.165) is 0 Å². The number of methoxy groups -OCH3 is 2. The smallest absolute Gasteiger partial charge is 0.261 e. The Morgan fingerprint density at radius 2 is 1.77 bits per heavy atom. The molecule has 1 aliphatic carbocycles. The van der Waals surface area contributed by atoms with Gasteiger partial charge in [0.15, 0.2) is 0 Å². The molecule has 0 spiro atoms. The molecular weight excluding hydrogens is 168 g/mol. The first kappa shape index (κ1) is 9.89. The fourth-order valence-electron chi connectivity index (χ4n) is 1.47. The third-order valence-corrected chi connectivity index (χ3v) is 2.17. The Morgan fingerprint density at radius 1 is 1.23 bits per heavy atom. The second-order valence-electron chi connectivity index (χ2n) is 2.59. The van der Waals surface area contributed by atoms with E-state index in [9.17, 15) is 4.79 Å². The number of allylic oxidation sites excluding steroid dienone is 1. The second-order valence-corrected chi connectivity index (χ2v) is 2.59. The van der Waals surface area contributed by atoms with Gasteiger partial charge < -0.3 is 9.47 Å². The fraction of sp³-hybridized carbons (Fsp3) is 0.300. The van der Waals surface area contributed by atoms with Gasteiger partial charge in [0.2, 0.25) is 5.78 Å². The SMILES string of the molecule is C=CC1=C(C=C)C(OC)(OC)C1=O. The Labute approximate surface area is 77.3 Å². The summed E-state index contributed by atoms with van der Waals surface area (Å²) >= 11 is 0. The Morgan fingerprint density at radius 3 is 2.08 bits per heavy atom. The van der Waals surface area contributed by atoms with Gasteiger partial charge >= 0.3 is 0 Å². The highest BCUT2D eigenvalue weighted by atomic mass is 16.7. The first-order valence-corrected chi connectivity index (χ1v) is 3.82. The third-order valence-electron chi connectivity index (χ3n) is 2.17. The molecular formula is C10H12O3. The van der Waals surface area contributed by atoms with Gasteiger partial charge in [-0.05, 0) is 0 Å². The molecule has 0 aromatic rings. The molecule has 0 amide bonds. The quantitative estimate of drug-likeness (QED) is 0.610. The first-order valence-electron chi connectivity index (χ1n) is 3.82. The maximum Gasteiger partial charge on any atom is 0.261 e. The number of ether oxygens (including phenoxy) is 2. The van der Waals surface area contributed by atoms with Crippen LogP contribution >= 0.6 is 0 Å². The molecule has 0 saturated carbocycles. The highest BCUT2D eigenvalue weighted by molar-refractivity contribution is 6.14. The van der Waals surface area contributed by atoms with Crippen LogP contribution in [-0.2, 0) is 14.3 Å². The topological polar surface area (TPSA) is 35.5 Å². The van der Waals surface area contributed by atoms with Crippen LogP contribution in [0.25, 0.3) is 0 Å². The monoisotopic (exact) mass is 180 g/mol. The van der Waals surface area contributed by atoms with E-state index in [1.807, 2.05) is 0 Å². The van der Waals surface area contributed by atoms with Crippen molar-refractivity contribution in [1.82, 2.24) is 0 Å². The molecule has 0 radical (unpaired) electrons. The van der Waals surface area contributed by atoms with Crippen molar-refractivity contribution in [2.75, 3.05) is 14.2 Å². The number of rotatable bonds is 4. The minimum atomic E-state index is -1.24. The van der Waals surface area contributed by atoms with E-state index >= 15 is 0 Å². The van der Waals surface area contributed by atoms with Gasteiger partial charge in [0.1, 0.15) is 0 Å². The normalized spacial score (nSPS) is 19.7. The molecule has 0 unspecified atom stereocenters. The van der Waals surface area contributed by atoms with Crippen LogP contribution in [0.15, 0.2) is 36.5 Å². The highest BCUT2D eigenvalue weighted by Crippen LogP contribution is 2.39. The molecule has 0 aromatic heterocycles. The molecule has 13 heavy (non-hydrogen) atoms. The van der Waals surface area contributed by atoms with E-state index in [1.54, 1.807) is 6.08 Å². The van der Waals surface area contributed by atoms with Crippen LogP contribution in [0.1, 0.15) is 0 Å². The van der Waals surface area contributed by atoms with Gasteiger partial charge in [0.05, 0.1) is 0 Å². The van der Waals surface area contributed by atoms with Crippen molar-refractivity contribution in [3.63, 3.8) is 0 Å². The Bertz CT molecular complexity index is 295. The van der Waals surface area contributed by atoms with E-state index in [2.05, 4.69) is 13.2 Å². The summed E-state index contributed by atoms with van der Waals surface area (Å²) in [7, 11) is 2.84. The Hall–Kier alpha value is -1.19. The molecule has 0 saturated heterocycles. The summed E-state index contributed by atoms with van der Waals surface area (Å²) < 4.78 is 10.0. The molecule has 3 nitrogen and oxygen atoms in total. The number of ketones is 1. The van der Waals surface area contributed by atoms with Gasteiger partial charge in [-0.1, -0.05) is 25.3 Å². The summed E-state index contributed by atoms with van der Waals surface area (Å²) in [4.78, 5) is 11.5. The van der Waals surface area contributed by atoms with Crippen molar-refractivity contribution in [2.45, 2.75) is 5.79 Å². The molecule has 3 heteroatoms. The van der Waals surface area contributed by atoms with Crippen molar-refractivity contribution in [1.29, 1.82) is 0 Å². The van der Waals surface area contributed by atoms with E-state index in [-0.39, 0.29) is 5.78 Å². The summed E-state index contributed by atoms with van der Waals surface area (Å²) in [6.07, 6.45) is 3.03. The van der Waals surface area contributed by atoms with Gasteiger partial charge in [-0.2, -0.15) is 0 Å². The zero-order chi connectivity index (χ0) is 10.1. The molecule has 0 fully saturated rings. The molecule has 0 atom stereocenters. The lowest BCUT2D eigenvalue weighted by molar-refractivity contribution is -0.193. The van der Waals surface area contributed by atoms with Gasteiger partial charge in [0, 0.05) is 25.4 Å². The average molecular weight is 180 g/mol. The lowest BCUT2D eigenvalue weighted by Gasteiger charge is -2.39. The predicted molar refractivity (Wildman–Crippen MR) is 49.2 cm³/mol. The van der Waals surface area contributed by atoms with Crippen molar-refractivity contribution >= 4 is 5.78 Å². The number of hydrogen-bond acceptors (Lipinski definition) is 3. The number of hydrogen-bond donors (Lipinski definition) is 0. The van der Waals surface area contributed by atoms with Crippen LogP contribution in [0.4, 0.5) is 0 Å². The van der Waals surface area contributed by atoms with Crippen molar-refractivity contribution in [2.24, 2.45) is 0 Å². The molecule has 0 heterocycles. The van der Waals surface area contributed by atoms with Crippen LogP contribution in [0, 0.1) is 0 Å². The van der Waals surface area contributed by atoms with E-state index in [1.165, 1.54) is 20.3 Å². The lowest BCUT2D eigenvalue weighted by atomic mass is 9.80. The molecule has 1 rings (SSSR count). The number of carbonyl (C=O) groups excluding carboxylic acids is 1. The van der Waals surface area contributed by atoms with Crippen molar-refractivity contribution in [3.05, 3.63) is 36.5 Å². The predicted octanol–water partition coefficient (Wildman–Crippen LogP) is 1.23. The summed E-state index contributed by atoms with van der Waals surface area (Å²) in [5, 5.41) is 0. The molecule has 70 valence electrons. The van der Waals surface area contributed by atoms with Gasteiger partial charge in [0.25, 0.3) is 5.79 Å². The van der Waals surface area contributed by atoms with Gasteiger partial charge in [-0.25, -0.2) is 0 Å². The molecule has 0 aromatic carbocycles. The summed E-state index contributed by atoms with van der Waals surface area (Å²) in [5.41, 5.74) is 1.15. The summed E-state index contributed by atoms with van der Waals surface area (Å²) in [5.74, 6) is -1.45. The van der Waals surface area contributed by atoms with Crippen molar-refractivity contribution < 1.29 is 14.3 Å². The second kappa shape index (κ2) is 3.28. The Kier molecular flexibility index (Phi) is 2.50. The molecule has 0 N–H and O–H groups in total. The highest BCUT2D eigenvalue weighted by Gasteiger charge is 2.52. The zero-order valence-electron chi connectivity index (χ0n) is 7.79. The van der Waals surface area contributed by atoms with E-state index < -0.39 is 5.79 Å². The van der Waals surface area contributed by atoms with Crippen LogP contribution in [0.2, 0.25) is 0 Å². The van der Waals surface area contributed by atoms with Gasteiger partial charge in [-0.3, -0.25) is 4.79 Å². The van der Waals surface area contributed by atoms with Gasteiger partial charge in [-0.15, -0.1) is 0 Å². The van der Waals surface area contributed by atoms with E-state index in [4.69, 9.17) is 9.47 Å². The minimum Gasteiger partial charge on any atom is -0.343 e. The van der Waals surface area contributed by atoms with Crippen molar-refractivity contribution in [3.8, 4) is 0 Å². The van der Waals surface area contributed by atoms with Crippen LogP contribution in [0.3, 0.4) is 0 Å². The lowest BCUT2D eigenvalue weighted by Crippen LogP contribution is -2.53. The number of carbonyl (C=O) groups is 1. The zero-order valence-corrected chi connectivity index (χ0v) is 7.79. The maximum absolute atomic E-state index is 11.5. The standard InChI is InChI=1S/C10H12O3/c1-5-7-8(6-2)10(12-3,13-4)9(7)11/h5-6H,1-2H2,3-4H3. The summed E-state index contributed by atoms with van der Waals surface area (Å²) in [6, 6.07) is 0. The fourth-order valence-corrected chi connectivity index (χ4v) is 1.47. The maximum atomic E-state index is 11.5. The average Bonchev–Trinajstić information content (AvgIpc) is 2.16. The van der Waals surface area contributed by atoms with Crippen LogP contribution in [0.5, 0.6) is 0 Å². The van der Waals surface area contributed by atoms with Crippen LogP contribution < -0.4 is 0 Å². The summed E-state index contributed by atoms with van der Waals surface area (Å²) in [6.45, 7) is 7.12. The third kappa shape index (κ3) is 1.01. The first-order chi connectivity index (χ1) is 6.17.